The molecule has 0 radical (unpaired) electrons. The Morgan fingerprint density at radius 1 is 1.11 bits per heavy atom. The monoisotopic (exact) mass is 283 g/mol. The molecule has 0 aliphatic heterocycles. The van der Waals surface area contributed by atoms with E-state index < -0.39 is 0 Å². The minimum atomic E-state index is -0.263. The van der Waals surface area contributed by atoms with Crippen LogP contribution in [-0.4, -0.2) is 42.9 Å². The summed E-state index contributed by atoms with van der Waals surface area (Å²) in [7, 11) is 5.52. The lowest BCUT2D eigenvalue weighted by molar-refractivity contribution is -0.134. The maximum Gasteiger partial charge on any atom is 0.244 e. The lowest BCUT2D eigenvalue weighted by Gasteiger charge is -2.32. The van der Waals surface area contributed by atoms with Crippen LogP contribution in [0, 0.1) is 0 Å². The van der Waals surface area contributed by atoms with Gasteiger partial charge in [-0.2, -0.15) is 13.5 Å². The average Bonchev–Trinajstić information content (AvgIpc) is 2.31. The number of carbonyl (C=O) groups excluding carboxylic acids is 1. The molecule has 0 aliphatic carbocycles. The molecule has 0 saturated carbocycles. The van der Waals surface area contributed by atoms with Crippen LogP contribution in [0.2, 0.25) is 0 Å². The minimum Gasteiger partial charge on any atom is -0.399 e. The molecule has 1 aromatic rings. The Morgan fingerprint density at radius 3 is 1.95 bits per heavy atom. The van der Waals surface area contributed by atoms with E-state index in [1.807, 2.05) is 31.3 Å². The van der Waals surface area contributed by atoms with Crippen molar-refractivity contribution in [2.45, 2.75) is 25.9 Å². The molecule has 0 spiro atoms. The highest BCUT2D eigenvalue weighted by molar-refractivity contribution is 7.59. The van der Waals surface area contributed by atoms with E-state index in [-0.39, 0.29) is 31.5 Å². The van der Waals surface area contributed by atoms with Gasteiger partial charge in [0, 0.05) is 25.8 Å². The van der Waals surface area contributed by atoms with Crippen LogP contribution in [0.4, 0.5) is 5.69 Å². The molecule has 1 rings (SSSR count). The smallest absolute Gasteiger partial charge is 0.244 e. The number of benzene rings is 1. The van der Waals surface area contributed by atoms with E-state index in [0.717, 1.165) is 5.56 Å². The van der Waals surface area contributed by atoms with Crippen LogP contribution >= 0.6 is 13.5 Å². The topological polar surface area (TPSA) is 49.6 Å². The van der Waals surface area contributed by atoms with Crippen LogP contribution in [-0.2, 0) is 4.79 Å². The molecule has 0 heterocycles. The van der Waals surface area contributed by atoms with Gasteiger partial charge in [-0.25, -0.2) is 0 Å². The minimum absolute atomic E-state index is 0. The third kappa shape index (κ3) is 4.44. The van der Waals surface area contributed by atoms with E-state index in [1.54, 1.807) is 19.0 Å². The van der Waals surface area contributed by atoms with Crippen LogP contribution in [0.5, 0.6) is 0 Å². The fourth-order valence-electron chi connectivity index (χ4n) is 1.77. The van der Waals surface area contributed by atoms with Crippen LogP contribution in [0.25, 0.3) is 0 Å². The zero-order valence-corrected chi connectivity index (χ0v) is 13.3. The summed E-state index contributed by atoms with van der Waals surface area (Å²) in [5, 5.41) is 0. The summed E-state index contributed by atoms with van der Waals surface area (Å²) in [4.78, 5) is 16.0. The van der Waals surface area contributed by atoms with Gasteiger partial charge in [0.2, 0.25) is 5.91 Å². The van der Waals surface area contributed by atoms with Crippen molar-refractivity contribution in [2.24, 2.45) is 0 Å². The zero-order valence-electron chi connectivity index (χ0n) is 12.3. The highest BCUT2D eigenvalue weighted by Gasteiger charge is 2.27. The second-order valence-corrected chi connectivity index (χ2v) is 5.06. The Hall–Kier alpha value is -1.20. The third-order valence-corrected chi connectivity index (χ3v) is 3.15. The maximum absolute atomic E-state index is 12.3. The van der Waals surface area contributed by atoms with Crippen LogP contribution < -0.4 is 5.73 Å². The van der Waals surface area contributed by atoms with Gasteiger partial charge in [-0.3, -0.25) is 9.69 Å². The molecule has 2 N–H and O–H groups in total. The lowest BCUT2D eigenvalue weighted by Crippen LogP contribution is -2.41. The fraction of sp³-hybridized carbons (Fsp3) is 0.500. The van der Waals surface area contributed by atoms with Gasteiger partial charge in [0.1, 0.15) is 6.04 Å². The van der Waals surface area contributed by atoms with E-state index in [0.29, 0.717) is 5.69 Å². The van der Waals surface area contributed by atoms with Crippen molar-refractivity contribution in [2.75, 3.05) is 26.9 Å². The molecule has 0 saturated heterocycles. The first-order valence-electron chi connectivity index (χ1n) is 6.13. The number of rotatable bonds is 4. The second-order valence-electron chi connectivity index (χ2n) is 5.06. The Balaban J connectivity index is 0.00000324. The molecular formula is C14H25N3OS. The summed E-state index contributed by atoms with van der Waals surface area (Å²) in [6, 6.07) is 7.52. The van der Waals surface area contributed by atoms with Crippen LogP contribution in [0.15, 0.2) is 24.3 Å². The average molecular weight is 283 g/mol. The number of anilines is 1. The molecule has 108 valence electrons. The Bertz CT molecular complexity index is 404. The molecule has 0 aliphatic rings. The van der Waals surface area contributed by atoms with Crippen molar-refractivity contribution in [3.63, 3.8) is 0 Å². The maximum atomic E-state index is 12.3. The van der Waals surface area contributed by atoms with E-state index in [1.165, 1.54) is 0 Å². The molecule has 5 heteroatoms. The normalized spacial score (nSPS) is 12.2. The highest BCUT2D eigenvalue weighted by atomic mass is 32.1. The van der Waals surface area contributed by atoms with E-state index in [2.05, 4.69) is 18.7 Å². The molecule has 1 aromatic carbocycles. The summed E-state index contributed by atoms with van der Waals surface area (Å²) < 4.78 is 0. The number of likely N-dealkylation sites (N-methyl/N-ethyl adjacent to an activating group) is 2. The molecule has 19 heavy (non-hydrogen) atoms. The predicted octanol–water partition coefficient (Wildman–Crippen LogP) is 1.85. The second kappa shape index (κ2) is 7.40. The van der Waals surface area contributed by atoms with Gasteiger partial charge in [0.05, 0.1) is 0 Å². The van der Waals surface area contributed by atoms with Crippen molar-refractivity contribution >= 4 is 25.1 Å². The molecule has 0 aromatic heterocycles. The van der Waals surface area contributed by atoms with Gasteiger partial charge >= 0.3 is 0 Å². The van der Waals surface area contributed by atoms with Gasteiger partial charge < -0.3 is 10.6 Å². The number of nitrogens with two attached hydrogens (primary N) is 1. The first-order chi connectivity index (χ1) is 8.34. The standard InChI is InChI=1S/C14H23N3O.H2S/c1-10(2)17(5)13(14(18)16(3)4)11-6-8-12(15)9-7-11;/h6-10,13H,15H2,1-5H3;1H2. The van der Waals surface area contributed by atoms with Gasteiger partial charge in [0.15, 0.2) is 0 Å². The summed E-state index contributed by atoms with van der Waals surface area (Å²) in [5.74, 6) is 0.0796. The Labute approximate surface area is 123 Å². The van der Waals surface area contributed by atoms with Crippen LogP contribution in [0.3, 0.4) is 0 Å². The quantitative estimate of drug-likeness (QED) is 0.858. The zero-order chi connectivity index (χ0) is 13.9. The first kappa shape index (κ1) is 17.8. The van der Waals surface area contributed by atoms with Crippen LogP contribution in [0.1, 0.15) is 25.5 Å². The van der Waals surface area contributed by atoms with E-state index in [9.17, 15) is 4.79 Å². The highest BCUT2D eigenvalue weighted by Crippen LogP contribution is 2.24. The Kier molecular flexibility index (Phi) is 6.94. The number of hydrogen-bond acceptors (Lipinski definition) is 3. The number of nitrogen functional groups attached to an aromatic ring is 1. The number of carbonyl (C=O) groups is 1. The van der Waals surface area contributed by atoms with Gasteiger partial charge in [0.25, 0.3) is 0 Å². The third-order valence-electron chi connectivity index (χ3n) is 3.15. The summed E-state index contributed by atoms with van der Waals surface area (Å²) in [5.41, 5.74) is 7.37. The van der Waals surface area contributed by atoms with E-state index >= 15 is 0 Å². The fourth-order valence-corrected chi connectivity index (χ4v) is 1.77. The number of amides is 1. The Morgan fingerprint density at radius 2 is 1.58 bits per heavy atom. The largest absolute Gasteiger partial charge is 0.399 e. The number of nitrogens with zero attached hydrogens (tertiary/aromatic N) is 2. The van der Waals surface area contributed by atoms with Crippen molar-refractivity contribution in [1.29, 1.82) is 0 Å². The molecule has 4 nitrogen and oxygen atoms in total. The number of hydrogen-bond donors (Lipinski definition) is 1. The summed E-state index contributed by atoms with van der Waals surface area (Å²) >= 11 is 0. The van der Waals surface area contributed by atoms with Gasteiger partial charge in [-0.05, 0) is 38.6 Å². The van der Waals surface area contributed by atoms with Gasteiger partial charge in [-0.1, -0.05) is 12.1 Å². The molecule has 1 unspecified atom stereocenters. The van der Waals surface area contributed by atoms with Crippen molar-refractivity contribution in [1.82, 2.24) is 9.80 Å². The lowest BCUT2D eigenvalue weighted by atomic mass is 10.0. The van der Waals surface area contributed by atoms with Crippen molar-refractivity contribution < 1.29 is 4.79 Å². The van der Waals surface area contributed by atoms with Gasteiger partial charge in [-0.15, -0.1) is 0 Å². The summed E-state index contributed by atoms with van der Waals surface area (Å²) in [6.07, 6.45) is 0. The molecule has 1 atom stereocenters. The SMILES string of the molecule is CC(C)N(C)C(C(=O)N(C)C)c1ccc(N)cc1.S. The molecule has 0 fully saturated rings. The first-order valence-corrected chi connectivity index (χ1v) is 6.13. The summed E-state index contributed by atoms with van der Waals surface area (Å²) in [6.45, 7) is 4.15. The van der Waals surface area contributed by atoms with Crippen molar-refractivity contribution in [3.05, 3.63) is 29.8 Å². The molecule has 1 amide bonds. The molecular weight excluding hydrogens is 258 g/mol. The van der Waals surface area contributed by atoms with E-state index in [4.69, 9.17) is 5.73 Å². The molecule has 0 bridgehead atoms. The van der Waals surface area contributed by atoms with Crippen molar-refractivity contribution in [3.8, 4) is 0 Å². The predicted molar refractivity (Wildman–Crippen MR) is 85.6 cm³/mol.